The van der Waals surface area contributed by atoms with E-state index in [1.807, 2.05) is 43.3 Å². The molecule has 0 radical (unpaired) electrons. The van der Waals surface area contributed by atoms with Gasteiger partial charge in [0, 0.05) is 0 Å². The molecule has 1 amide bonds. The first-order chi connectivity index (χ1) is 10.6. The fraction of sp³-hybridized carbons (Fsp3) is 0.333. The molecule has 3 rings (SSSR count). The number of nitrogens with one attached hydrogen (secondary N) is 1. The number of carbonyl (C=O) groups is 2. The topological polar surface area (TPSA) is 66.4 Å². The van der Waals surface area contributed by atoms with E-state index in [1.54, 1.807) is 0 Å². The van der Waals surface area contributed by atoms with Gasteiger partial charge in [-0.05, 0) is 42.2 Å². The summed E-state index contributed by atoms with van der Waals surface area (Å²) in [7, 11) is 0. The van der Waals surface area contributed by atoms with E-state index in [2.05, 4.69) is 11.4 Å². The van der Waals surface area contributed by atoms with Crippen LogP contribution in [0.25, 0.3) is 10.8 Å². The summed E-state index contributed by atoms with van der Waals surface area (Å²) in [5.74, 6) is -1.94. The third-order valence-corrected chi connectivity index (χ3v) is 4.56. The number of rotatable bonds is 4. The maximum absolute atomic E-state index is 12.2. The summed E-state index contributed by atoms with van der Waals surface area (Å²) in [6.45, 7) is 1.93. The van der Waals surface area contributed by atoms with E-state index in [9.17, 15) is 9.59 Å². The number of amides is 1. The summed E-state index contributed by atoms with van der Waals surface area (Å²) < 4.78 is 0. The number of carboxylic acid groups (broad SMARTS) is 1. The lowest BCUT2D eigenvalue weighted by Crippen LogP contribution is -2.44. The van der Waals surface area contributed by atoms with E-state index in [1.165, 1.54) is 0 Å². The fourth-order valence-corrected chi connectivity index (χ4v) is 2.99. The van der Waals surface area contributed by atoms with E-state index in [4.69, 9.17) is 5.11 Å². The van der Waals surface area contributed by atoms with Gasteiger partial charge in [-0.15, -0.1) is 0 Å². The van der Waals surface area contributed by atoms with Gasteiger partial charge in [0.25, 0.3) is 0 Å². The van der Waals surface area contributed by atoms with Crippen molar-refractivity contribution in [1.29, 1.82) is 0 Å². The highest BCUT2D eigenvalue weighted by molar-refractivity contribution is 5.87. The van der Waals surface area contributed by atoms with Crippen LogP contribution in [-0.2, 0) is 9.59 Å². The van der Waals surface area contributed by atoms with Gasteiger partial charge in [0.05, 0.1) is 17.9 Å². The molecule has 2 aromatic rings. The fourth-order valence-electron chi connectivity index (χ4n) is 2.99. The Kier molecular flexibility index (Phi) is 3.84. The molecular formula is C18H19NO3. The second kappa shape index (κ2) is 5.79. The van der Waals surface area contributed by atoms with Crippen LogP contribution in [0.15, 0.2) is 42.5 Å². The van der Waals surface area contributed by atoms with Crippen molar-refractivity contribution >= 4 is 22.6 Å². The highest BCUT2D eigenvalue weighted by atomic mass is 16.4. The Balaban J connectivity index is 1.71. The van der Waals surface area contributed by atoms with Crippen molar-refractivity contribution in [3.63, 3.8) is 0 Å². The monoisotopic (exact) mass is 297 g/mol. The van der Waals surface area contributed by atoms with Crippen LogP contribution in [-0.4, -0.2) is 17.0 Å². The van der Waals surface area contributed by atoms with Crippen LogP contribution >= 0.6 is 0 Å². The predicted molar refractivity (Wildman–Crippen MR) is 84.4 cm³/mol. The van der Waals surface area contributed by atoms with Crippen molar-refractivity contribution in [2.24, 2.45) is 11.8 Å². The molecule has 22 heavy (non-hydrogen) atoms. The molecule has 0 saturated heterocycles. The molecular weight excluding hydrogens is 278 g/mol. The first-order valence-electron chi connectivity index (χ1n) is 7.58. The average Bonchev–Trinajstić information content (AvgIpc) is 2.44. The molecule has 3 atom stereocenters. The summed E-state index contributed by atoms with van der Waals surface area (Å²) in [5.41, 5.74) is 1.03. The lowest BCUT2D eigenvalue weighted by atomic mass is 9.73. The second-order valence-corrected chi connectivity index (χ2v) is 5.97. The maximum Gasteiger partial charge on any atom is 0.307 e. The Bertz CT molecular complexity index is 725. The van der Waals surface area contributed by atoms with Crippen LogP contribution < -0.4 is 5.32 Å². The molecule has 1 saturated carbocycles. The SMILES string of the molecule is C[C@H](NC(=O)[C@@H]1CC[C@@H]1C(=O)O)c1ccc2ccccc2c1. The van der Waals surface area contributed by atoms with Crippen LogP contribution in [0.1, 0.15) is 31.4 Å². The Labute approximate surface area is 129 Å². The highest BCUT2D eigenvalue weighted by Gasteiger charge is 2.41. The van der Waals surface area contributed by atoms with E-state index >= 15 is 0 Å². The van der Waals surface area contributed by atoms with Gasteiger partial charge in [0.1, 0.15) is 0 Å². The molecule has 0 aliphatic heterocycles. The number of carbonyl (C=O) groups excluding carboxylic acids is 1. The van der Waals surface area contributed by atoms with Crippen LogP contribution in [0.5, 0.6) is 0 Å². The van der Waals surface area contributed by atoms with Gasteiger partial charge < -0.3 is 10.4 Å². The van der Waals surface area contributed by atoms with Gasteiger partial charge in [-0.1, -0.05) is 36.4 Å². The van der Waals surface area contributed by atoms with Gasteiger partial charge >= 0.3 is 5.97 Å². The smallest absolute Gasteiger partial charge is 0.307 e. The van der Waals surface area contributed by atoms with Crippen molar-refractivity contribution in [3.05, 3.63) is 48.0 Å². The first-order valence-corrected chi connectivity index (χ1v) is 7.58. The number of hydrogen-bond donors (Lipinski definition) is 2. The first kappa shape index (κ1) is 14.6. The molecule has 1 aliphatic carbocycles. The molecule has 1 aliphatic rings. The van der Waals surface area contributed by atoms with Crippen LogP contribution in [0.4, 0.5) is 0 Å². The third kappa shape index (κ3) is 2.69. The Morgan fingerprint density at radius 2 is 1.77 bits per heavy atom. The second-order valence-electron chi connectivity index (χ2n) is 5.97. The highest BCUT2D eigenvalue weighted by Crippen LogP contribution is 2.35. The minimum atomic E-state index is -0.871. The average molecular weight is 297 g/mol. The van der Waals surface area contributed by atoms with E-state index in [0.717, 1.165) is 16.3 Å². The molecule has 2 N–H and O–H groups in total. The minimum Gasteiger partial charge on any atom is -0.481 e. The number of hydrogen-bond acceptors (Lipinski definition) is 2. The minimum absolute atomic E-state index is 0.132. The zero-order chi connectivity index (χ0) is 15.7. The standard InChI is InChI=1S/C18H19NO3/c1-11(19-17(20)15-8-9-16(15)18(21)22)13-7-6-12-4-2-3-5-14(12)10-13/h2-7,10-11,15-16H,8-9H2,1H3,(H,19,20)(H,21,22)/t11-,15+,16-/m0/s1. The quantitative estimate of drug-likeness (QED) is 0.911. The summed E-state index contributed by atoms with van der Waals surface area (Å²) in [5, 5.41) is 14.3. The molecule has 0 bridgehead atoms. The molecule has 4 nitrogen and oxygen atoms in total. The Morgan fingerprint density at radius 1 is 1.09 bits per heavy atom. The number of benzene rings is 2. The maximum atomic E-state index is 12.2. The lowest BCUT2D eigenvalue weighted by molar-refractivity contribution is -0.152. The lowest BCUT2D eigenvalue weighted by Gasteiger charge is -2.33. The largest absolute Gasteiger partial charge is 0.481 e. The van der Waals surface area contributed by atoms with E-state index in [0.29, 0.717) is 12.8 Å². The summed E-state index contributed by atoms with van der Waals surface area (Å²) in [6, 6.07) is 14.0. The zero-order valence-corrected chi connectivity index (χ0v) is 12.5. The van der Waals surface area contributed by atoms with Crippen LogP contribution in [0, 0.1) is 11.8 Å². The predicted octanol–water partition coefficient (Wildman–Crippen LogP) is 3.13. The van der Waals surface area contributed by atoms with Gasteiger partial charge in [0.15, 0.2) is 0 Å². The van der Waals surface area contributed by atoms with Gasteiger partial charge in [-0.25, -0.2) is 0 Å². The molecule has 2 aromatic carbocycles. The molecule has 0 spiro atoms. The molecule has 1 fully saturated rings. The van der Waals surface area contributed by atoms with Crippen molar-refractivity contribution in [2.75, 3.05) is 0 Å². The van der Waals surface area contributed by atoms with Crippen LogP contribution in [0.3, 0.4) is 0 Å². The van der Waals surface area contributed by atoms with Gasteiger partial charge in [-0.2, -0.15) is 0 Å². The third-order valence-electron chi connectivity index (χ3n) is 4.56. The number of carboxylic acids is 1. The van der Waals surface area contributed by atoms with Crippen LogP contribution in [0.2, 0.25) is 0 Å². The van der Waals surface area contributed by atoms with Crippen molar-refractivity contribution in [2.45, 2.75) is 25.8 Å². The van der Waals surface area contributed by atoms with Crippen molar-refractivity contribution in [1.82, 2.24) is 5.32 Å². The number of aliphatic carboxylic acids is 1. The summed E-state index contributed by atoms with van der Waals surface area (Å²) >= 11 is 0. The molecule has 0 unspecified atom stereocenters. The zero-order valence-electron chi connectivity index (χ0n) is 12.5. The molecule has 4 heteroatoms. The van der Waals surface area contributed by atoms with Crippen molar-refractivity contribution in [3.8, 4) is 0 Å². The van der Waals surface area contributed by atoms with E-state index < -0.39 is 11.9 Å². The normalized spacial score (nSPS) is 21.9. The van der Waals surface area contributed by atoms with Crippen molar-refractivity contribution < 1.29 is 14.7 Å². The molecule has 114 valence electrons. The Hall–Kier alpha value is -2.36. The number of fused-ring (bicyclic) bond motifs is 1. The molecule has 0 heterocycles. The van der Waals surface area contributed by atoms with Gasteiger partial charge in [0.2, 0.25) is 5.91 Å². The Morgan fingerprint density at radius 3 is 2.41 bits per heavy atom. The van der Waals surface area contributed by atoms with E-state index in [-0.39, 0.29) is 17.9 Å². The summed E-state index contributed by atoms with van der Waals surface area (Å²) in [6.07, 6.45) is 1.25. The van der Waals surface area contributed by atoms with Gasteiger partial charge in [-0.3, -0.25) is 9.59 Å². The molecule has 0 aromatic heterocycles. The summed E-state index contributed by atoms with van der Waals surface area (Å²) in [4.78, 5) is 23.2.